The average molecular weight is 276 g/mol. The van der Waals surface area contributed by atoms with Crippen LogP contribution in [0.3, 0.4) is 0 Å². The number of hydrogen-bond donors (Lipinski definition) is 0. The van der Waals surface area contributed by atoms with Crippen LogP contribution in [0.25, 0.3) is 6.08 Å². The second-order valence-electron chi connectivity index (χ2n) is 5.77. The van der Waals surface area contributed by atoms with E-state index in [2.05, 4.69) is 0 Å². The van der Waals surface area contributed by atoms with E-state index >= 15 is 0 Å². The zero-order valence-corrected chi connectivity index (χ0v) is 13.0. The number of carbonyl (C=O) groups excluding carboxylic acids is 1. The highest BCUT2D eigenvalue weighted by atomic mass is 16.5. The summed E-state index contributed by atoms with van der Waals surface area (Å²) in [4.78, 5) is 11.5. The van der Waals surface area contributed by atoms with Gasteiger partial charge in [0, 0.05) is 6.08 Å². The molecule has 1 unspecified atom stereocenters. The first-order chi connectivity index (χ1) is 9.30. The maximum atomic E-state index is 11.5. The minimum atomic E-state index is -0.311. The number of hydrogen-bond acceptors (Lipinski definition) is 3. The lowest BCUT2D eigenvalue weighted by atomic mass is 10.1. The van der Waals surface area contributed by atoms with Crippen molar-refractivity contribution in [3.05, 3.63) is 35.9 Å². The Bertz CT molecular complexity index is 452. The Morgan fingerprint density at radius 2 is 1.85 bits per heavy atom. The van der Waals surface area contributed by atoms with E-state index in [1.165, 1.54) is 6.08 Å². The van der Waals surface area contributed by atoms with Gasteiger partial charge in [-0.1, -0.05) is 19.1 Å². The van der Waals surface area contributed by atoms with Crippen molar-refractivity contribution < 1.29 is 14.3 Å². The zero-order chi connectivity index (χ0) is 15.2. The van der Waals surface area contributed by atoms with E-state index in [1.807, 2.05) is 58.9 Å². The molecule has 1 rings (SSSR count). The van der Waals surface area contributed by atoms with E-state index in [0.717, 1.165) is 17.7 Å². The fraction of sp³-hybridized carbons (Fsp3) is 0.471. The van der Waals surface area contributed by atoms with Gasteiger partial charge in [0.15, 0.2) is 0 Å². The van der Waals surface area contributed by atoms with Crippen LogP contribution < -0.4 is 4.74 Å². The molecule has 1 aromatic rings. The van der Waals surface area contributed by atoms with E-state index < -0.39 is 0 Å². The van der Waals surface area contributed by atoms with Crippen LogP contribution in [-0.2, 0) is 9.53 Å². The summed E-state index contributed by atoms with van der Waals surface area (Å²) in [5.41, 5.74) is 0.727. The lowest BCUT2D eigenvalue weighted by Gasteiger charge is -2.21. The Morgan fingerprint density at radius 1 is 1.25 bits per heavy atom. The van der Waals surface area contributed by atoms with Gasteiger partial charge in [-0.25, -0.2) is 4.79 Å². The molecule has 1 aromatic carbocycles. The van der Waals surface area contributed by atoms with Gasteiger partial charge < -0.3 is 9.47 Å². The lowest BCUT2D eigenvalue weighted by Crippen LogP contribution is -2.22. The predicted molar refractivity (Wildman–Crippen MR) is 81.7 cm³/mol. The molecule has 0 N–H and O–H groups in total. The van der Waals surface area contributed by atoms with E-state index in [4.69, 9.17) is 9.47 Å². The van der Waals surface area contributed by atoms with Gasteiger partial charge >= 0.3 is 5.97 Å². The molecule has 0 aliphatic rings. The molecule has 1 atom stereocenters. The summed E-state index contributed by atoms with van der Waals surface area (Å²) in [5, 5.41) is 0. The van der Waals surface area contributed by atoms with Crippen LogP contribution >= 0.6 is 0 Å². The maximum absolute atomic E-state index is 11.5. The molecule has 0 fully saturated rings. The summed E-state index contributed by atoms with van der Waals surface area (Å²) in [7, 11) is 0. The zero-order valence-electron chi connectivity index (χ0n) is 13.0. The largest absolute Gasteiger partial charge is 0.488 e. The third-order valence-corrected chi connectivity index (χ3v) is 2.61. The molecule has 0 saturated carbocycles. The quantitative estimate of drug-likeness (QED) is 0.596. The number of rotatable bonds is 5. The molecule has 0 bridgehead atoms. The molecule has 3 nitrogen and oxygen atoms in total. The second-order valence-corrected chi connectivity index (χ2v) is 5.77. The van der Waals surface area contributed by atoms with Crippen molar-refractivity contribution in [1.29, 1.82) is 0 Å². The first-order valence-corrected chi connectivity index (χ1v) is 6.98. The van der Waals surface area contributed by atoms with Gasteiger partial charge in [-0.15, -0.1) is 0 Å². The Kier molecular flexibility index (Phi) is 5.81. The second kappa shape index (κ2) is 7.13. The van der Waals surface area contributed by atoms with Crippen molar-refractivity contribution in [2.75, 3.05) is 0 Å². The van der Waals surface area contributed by atoms with Crippen molar-refractivity contribution in [2.45, 2.75) is 52.7 Å². The molecule has 0 amide bonds. The highest BCUT2D eigenvalue weighted by molar-refractivity contribution is 5.87. The molecule has 0 aliphatic carbocycles. The molecule has 3 heteroatoms. The predicted octanol–water partition coefficient (Wildman–Crippen LogP) is 4.22. The van der Waals surface area contributed by atoms with Crippen molar-refractivity contribution in [3.8, 4) is 5.75 Å². The topological polar surface area (TPSA) is 35.5 Å². The van der Waals surface area contributed by atoms with Crippen LogP contribution in [0.4, 0.5) is 0 Å². The molecule has 20 heavy (non-hydrogen) atoms. The summed E-state index contributed by atoms with van der Waals surface area (Å²) in [5.74, 6) is 0.506. The summed E-state index contributed by atoms with van der Waals surface area (Å²) < 4.78 is 10.9. The van der Waals surface area contributed by atoms with Crippen LogP contribution in [0.1, 0.15) is 46.6 Å². The van der Waals surface area contributed by atoms with E-state index in [0.29, 0.717) is 0 Å². The molecule has 0 spiro atoms. The molecule has 0 saturated heterocycles. The minimum Gasteiger partial charge on any atom is -0.488 e. The molecule has 110 valence electrons. The molecular weight excluding hydrogens is 252 g/mol. The fourth-order valence-corrected chi connectivity index (χ4v) is 1.49. The first kappa shape index (κ1) is 16.3. The van der Waals surface area contributed by atoms with Gasteiger partial charge in [-0.3, -0.25) is 0 Å². The summed E-state index contributed by atoms with van der Waals surface area (Å²) in [6.07, 6.45) is 3.96. The number of esters is 1. The summed E-state index contributed by atoms with van der Waals surface area (Å²) in [6.45, 7) is 9.88. The van der Waals surface area contributed by atoms with Crippen molar-refractivity contribution >= 4 is 12.0 Å². The van der Waals surface area contributed by atoms with Crippen molar-refractivity contribution in [1.82, 2.24) is 0 Å². The van der Waals surface area contributed by atoms with Crippen LogP contribution in [0.15, 0.2) is 30.3 Å². The van der Waals surface area contributed by atoms with E-state index in [9.17, 15) is 4.79 Å². The smallest absolute Gasteiger partial charge is 0.331 e. The lowest BCUT2D eigenvalue weighted by molar-refractivity contribution is -0.142. The van der Waals surface area contributed by atoms with Crippen molar-refractivity contribution in [3.63, 3.8) is 0 Å². The number of ether oxygens (including phenoxy) is 2. The van der Waals surface area contributed by atoms with Gasteiger partial charge in [-0.05, 0) is 57.9 Å². The molecular formula is C17H24O3. The first-order valence-electron chi connectivity index (χ1n) is 6.98. The SMILES string of the molecule is CCC(C)OC(=O)C=Cc1ccc(OC(C)(C)C)cc1. The third kappa shape index (κ3) is 6.41. The van der Waals surface area contributed by atoms with E-state index in [-0.39, 0.29) is 17.7 Å². The van der Waals surface area contributed by atoms with Gasteiger partial charge in [0.1, 0.15) is 11.4 Å². The number of benzene rings is 1. The normalized spacial score (nSPS) is 13.2. The minimum absolute atomic E-state index is 0.0466. The molecule has 0 radical (unpaired) electrons. The Hall–Kier alpha value is -1.77. The van der Waals surface area contributed by atoms with E-state index in [1.54, 1.807) is 6.08 Å². The van der Waals surface area contributed by atoms with Crippen molar-refractivity contribution in [2.24, 2.45) is 0 Å². The average Bonchev–Trinajstić information content (AvgIpc) is 2.36. The highest BCUT2D eigenvalue weighted by Crippen LogP contribution is 2.19. The molecule has 0 aromatic heterocycles. The monoisotopic (exact) mass is 276 g/mol. The summed E-state index contributed by atoms with van der Waals surface area (Å²) in [6, 6.07) is 7.61. The van der Waals surface area contributed by atoms with Gasteiger partial charge in [0.05, 0.1) is 6.10 Å². The Labute approximate surface area is 121 Å². The van der Waals surface area contributed by atoms with Crippen LogP contribution in [0, 0.1) is 0 Å². The van der Waals surface area contributed by atoms with Gasteiger partial charge in [-0.2, -0.15) is 0 Å². The van der Waals surface area contributed by atoms with Crippen LogP contribution in [-0.4, -0.2) is 17.7 Å². The Morgan fingerprint density at radius 3 is 2.35 bits per heavy atom. The molecule has 0 heterocycles. The van der Waals surface area contributed by atoms with Gasteiger partial charge in [0.2, 0.25) is 0 Å². The van der Waals surface area contributed by atoms with Crippen LogP contribution in [0.5, 0.6) is 5.75 Å². The fourth-order valence-electron chi connectivity index (χ4n) is 1.49. The van der Waals surface area contributed by atoms with Crippen LogP contribution in [0.2, 0.25) is 0 Å². The summed E-state index contributed by atoms with van der Waals surface area (Å²) >= 11 is 0. The highest BCUT2D eigenvalue weighted by Gasteiger charge is 2.11. The molecule has 0 aliphatic heterocycles. The van der Waals surface area contributed by atoms with Gasteiger partial charge in [0.25, 0.3) is 0 Å². The Balaban J connectivity index is 2.59. The third-order valence-electron chi connectivity index (χ3n) is 2.61. The standard InChI is InChI=1S/C17H24O3/c1-6-13(2)19-16(18)12-9-14-7-10-15(11-8-14)20-17(3,4)5/h7-13H,6H2,1-5H3. The number of carbonyl (C=O) groups is 1. The maximum Gasteiger partial charge on any atom is 0.331 e.